The molecule has 4 heteroatoms. The third-order valence-electron chi connectivity index (χ3n) is 8.30. The fourth-order valence-corrected chi connectivity index (χ4v) is 8.60. The molecule has 0 aromatic carbocycles. The molecule has 0 saturated heterocycles. The van der Waals surface area contributed by atoms with E-state index in [0.29, 0.717) is 17.8 Å². The number of rotatable bonds is 2. The highest BCUT2D eigenvalue weighted by molar-refractivity contribution is 9.25. The highest BCUT2D eigenvalue weighted by Gasteiger charge is 2.61. The molecule has 0 bridgehead atoms. The van der Waals surface area contributed by atoms with Crippen LogP contribution in [-0.4, -0.2) is 6.47 Å². The largest absolute Gasteiger partial charge is 0.0929 e. The van der Waals surface area contributed by atoms with E-state index >= 15 is 0 Å². The van der Waals surface area contributed by atoms with Gasteiger partial charge in [0.25, 0.3) is 0 Å². The average Bonchev–Trinajstić information content (AvgIpc) is 2.43. The fourth-order valence-electron chi connectivity index (χ4n) is 4.27. The minimum atomic E-state index is -0.161. The van der Waals surface area contributed by atoms with Crippen molar-refractivity contribution in [3.8, 4) is 0 Å². The van der Waals surface area contributed by atoms with Gasteiger partial charge in [-0.15, -0.1) is 0 Å². The molecule has 0 aliphatic heterocycles. The summed E-state index contributed by atoms with van der Waals surface area (Å²) < 4.78 is -0.322. The summed E-state index contributed by atoms with van der Waals surface area (Å²) in [4.78, 5) is 0. The Morgan fingerprint density at radius 2 is 0.885 bits per heavy atom. The van der Waals surface area contributed by atoms with Crippen LogP contribution in [0.4, 0.5) is 0 Å². The van der Waals surface area contributed by atoms with E-state index < -0.39 is 0 Å². The molecule has 0 saturated carbocycles. The highest BCUT2D eigenvalue weighted by atomic mass is 79.9. The molecule has 150 valence electrons. The first-order chi connectivity index (χ1) is 11.3. The first-order valence-corrected chi connectivity index (χ1v) is 12.7. The second-order valence-electron chi connectivity index (χ2n) is 10.6. The van der Waals surface area contributed by atoms with Crippen LogP contribution < -0.4 is 0 Å². The molecule has 26 heavy (non-hydrogen) atoms. The SMILES string of the molecule is CC(C1C=CC(C)(C)C(C)(C)C1(Br)Br)C1C=CC(C)(C)C(C)(C)C1(Br)Br. The van der Waals surface area contributed by atoms with E-state index in [2.05, 4.69) is 150 Å². The molecule has 0 fully saturated rings. The van der Waals surface area contributed by atoms with Gasteiger partial charge in [-0.2, -0.15) is 0 Å². The predicted molar refractivity (Wildman–Crippen MR) is 131 cm³/mol. The van der Waals surface area contributed by atoms with Crippen molar-refractivity contribution in [1.82, 2.24) is 0 Å². The van der Waals surface area contributed by atoms with E-state index in [1.54, 1.807) is 0 Å². The van der Waals surface area contributed by atoms with Gasteiger partial charge >= 0.3 is 0 Å². The fraction of sp³-hybridized carbons (Fsp3) is 0.818. The molecule has 0 nitrogen and oxygen atoms in total. The van der Waals surface area contributed by atoms with Gasteiger partial charge in [0, 0.05) is 11.8 Å². The van der Waals surface area contributed by atoms with Crippen LogP contribution in [0.2, 0.25) is 0 Å². The Hall–Kier alpha value is 1.40. The number of hydrogen-bond donors (Lipinski definition) is 0. The van der Waals surface area contributed by atoms with Crippen molar-refractivity contribution >= 4 is 63.7 Å². The molecule has 0 spiro atoms. The van der Waals surface area contributed by atoms with Gasteiger partial charge in [0.1, 0.15) is 0 Å². The zero-order valence-corrected chi connectivity index (χ0v) is 23.9. The molecular formula is C22H34Br4. The van der Waals surface area contributed by atoms with Crippen molar-refractivity contribution in [3.63, 3.8) is 0 Å². The van der Waals surface area contributed by atoms with Gasteiger partial charge < -0.3 is 0 Å². The maximum atomic E-state index is 4.12. The van der Waals surface area contributed by atoms with Crippen molar-refractivity contribution < 1.29 is 0 Å². The topological polar surface area (TPSA) is 0 Å². The minimum Gasteiger partial charge on any atom is -0.0823 e. The lowest BCUT2D eigenvalue weighted by molar-refractivity contribution is 0.0664. The molecule has 0 N–H and O–H groups in total. The number of allylic oxidation sites excluding steroid dienone is 4. The van der Waals surface area contributed by atoms with Gasteiger partial charge in [-0.25, -0.2) is 0 Å². The second-order valence-corrected chi connectivity index (χ2v) is 17.7. The predicted octanol–water partition coefficient (Wildman–Crippen LogP) is 9.07. The van der Waals surface area contributed by atoms with Gasteiger partial charge in [-0.1, -0.05) is 150 Å². The van der Waals surface area contributed by atoms with Crippen LogP contribution in [0.15, 0.2) is 24.3 Å². The van der Waals surface area contributed by atoms with E-state index in [1.165, 1.54) is 0 Å². The van der Waals surface area contributed by atoms with Crippen LogP contribution in [0.1, 0.15) is 62.3 Å². The summed E-state index contributed by atoms with van der Waals surface area (Å²) in [5, 5.41) is 0. The Morgan fingerprint density at radius 3 is 1.15 bits per heavy atom. The summed E-state index contributed by atoms with van der Waals surface area (Å²) in [5.74, 6) is 1.17. The van der Waals surface area contributed by atoms with Gasteiger partial charge in [0.2, 0.25) is 0 Å². The normalized spacial score (nSPS) is 36.5. The molecule has 2 atom stereocenters. The molecule has 0 aromatic rings. The Bertz CT molecular complexity index is 566. The molecule has 2 aliphatic carbocycles. The van der Waals surface area contributed by atoms with E-state index in [9.17, 15) is 0 Å². The van der Waals surface area contributed by atoms with Crippen LogP contribution in [0, 0.1) is 39.4 Å². The molecule has 2 unspecified atom stereocenters. The quantitative estimate of drug-likeness (QED) is 0.214. The van der Waals surface area contributed by atoms with Crippen LogP contribution in [0.5, 0.6) is 0 Å². The van der Waals surface area contributed by atoms with Crippen LogP contribution in [0.3, 0.4) is 0 Å². The van der Waals surface area contributed by atoms with Crippen LogP contribution in [-0.2, 0) is 0 Å². The first-order valence-electron chi connectivity index (χ1n) is 9.49. The van der Waals surface area contributed by atoms with Gasteiger partial charge in [0.05, 0.1) is 6.47 Å². The molecular weight excluding hydrogens is 584 g/mol. The molecule has 2 rings (SSSR count). The van der Waals surface area contributed by atoms with Crippen molar-refractivity contribution in [2.45, 2.75) is 68.8 Å². The number of halogens is 4. The third-order valence-corrected chi connectivity index (χ3v) is 14.4. The van der Waals surface area contributed by atoms with Gasteiger partial charge in [-0.05, 0) is 27.6 Å². The molecule has 2 aliphatic rings. The summed E-state index contributed by atoms with van der Waals surface area (Å²) in [7, 11) is 0. The van der Waals surface area contributed by atoms with E-state index in [4.69, 9.17) is 0 Å². The average molecular weight is 618 g/mol. The minimum absolute atomic E-state index is 0.0577. The standard InChI is InChI=1S/C22H34Br4/c1-14(15-10-12-17(2,3)19(6,7)21(15,23)24)16-11-13-18(4,5)20(8,9)22(16,25)26/h10-16H,1-9H3. The van der Waals surface area contributed by atoms with Crippen LogP contribution in [0.25, 0.3) is 0 Å². The van der Waals surface area contributed by atoms with Gasteiger partial charge in [0.15, 0.2) is 0 Å². The molecule has 0 radical (unpaired) electrons. The lowest BCUT2D eigenvalue weighted by Gasteiger charge is -2.59. The molecule has 0 aromatic heterocycles. The zero-order valence-electron chi connectivity index (χ0n) is 17.6. The lowest BCUT2D eigenvalue weighted by Crippen LogP contribution is -2.57. The highest BCUT2D eigenvalue weighted by Crippen LogP contribution is 2.67. The van der Waals surface area contributed by atoms with Crippen molar-refractivity contribution in [3.05, 3.63) is 24.3 Å². The van der Waals surface area contributed by atoms with Crippen molar-refractivity contribution in [1.29, 1.82) is 0 Å². The lowest BCUT2D eigenvalue weighted by atomic mass is 9.55. The number of alkyl halides is 4. The number of hydrogen-bond acceptors (Lipinski definition) is 0. The smallest absolute Gasteiger partial charge is 0.0823 e. The van der Waals surface area contributed by atoms with Crippen LogP contribution >= 0.6 is 63.7 Å². The Labute approximate surface area is 194 Å². The van der Waals surface area contributed by atoms with Gasteiger partial charge in [-0.3, -0.25) is 0 Å². The first kappa shape index (κ1) is 23.7. The van der Waals surface area contributed by atoms with E-state index in [0.717, 1.165) is 0 Å². The third kappa shape index (κ3) is 3.14. The monoisotopic (exact) mass is 614 g/mol. The second kappa shape index (κ2) is 6.71. The summed E-state index contributed by atoms with van der Waals surface area (Å²) in [6.45, 7) is 21.1. The molecule has 0 amide bonds. The zero-order chi connectivity index (χ0) is 20.6. The van der Waals surface area contributed by atoms with Crippen molar-refractivity contribution in [2.24, 2.45) is 39.4 Å². The summed E-state index contributed by atoms with van der Waals surface area (Å²) in [6.07, 6.45) is 9.69. The summed E-state index contributed by atoms with van der Waals surface area (Å²) >= 11 is 16.5. The Kier molecular flexibility index (Phi) is 6.11. The maximum Gasteiger partial charge on any atom is 0.0929 e. The summed E-state index contributed by atoms with van der Waals surface area (Å²) in [5.41, 5.74) is 0.337. The van der Waals surface area contributed by atoms with E-state index in [1.807, 2.05) is 0 Å². The Balaban J connectivity index is 2.51. The Morgan fingerprint density at radius 1 is 0.615 bits per heavy atom. The van der Waals surface area contributed by atoms with Crippen molar-refractivity contribution in [2.75, 3.05) is 0 Å². The van der Waals surface area contributed by atoms with E-state index in [-0.39, 0.29) is 28.1 Å². The maximum absolute atomic E-state index is 4.12. The summed E-state index contributed by atoms with van der Waals surface area (Å²) in [6, 6.07) is 0. The molecule has 0 heterocycles.